The summed E-state index contributed by atoms with van der Waals surface area (Å²) in [6.07, 6.45) is 4.30. The van der Waals surface area contributed by atoms with Gasteiger partial charge in [0.2, 0.25) is 0 Å². The van der Waals surface area contributed by atoms with E-state index < -0.39 is 0 Å². The summed E-state index contributed by atoms with van der Waals surface area (Å²) in [7, 11) is 0. The summed E-state index contributed by atoms with van der Waals surface area (Å²) in [4.78, 5) is 12.0. The fraction of sp³-hybridized carbons (Fsp3) is 0.588. The molecule has 2 N–H and O–H groups in total. The number of rotatable bonds is 2. The van der Waals surface area contributed by atoms with Crippen LogP contribution in [0, 0.1) is 11.3 Å². The zero-order valence-corrected chi connectivity index (χ0v) is 12.7. The number of carbonyl (C=O) groups is 1. The van der Waals surface area contributed by atoms with Crippen LogP contribution in [0.5, 0.6) is 0 Å². The Labute approximate surface area is 121 Å². The van der Waals surface area contributed by atoms with E-state index in [-0.39, 0.29) is 12.1 Å². The molecule has 1 fully saturated rings. The van der Waals surface area contributed by atoms with Gasteiger partial charge in [0, 0.05) is 5.69 Å². The van der Waals surface area contributed by atoms with Crippen LogP contribution in [-0.4, -0.2) is 12.1 Å². The molecule has 0 saturated heterocycles. The van der Waals surface area contributed by atoms with Crippen molar-refractivity contribution in [2.75, 3.05) is 5.73 Å². The summed E-state index contributed by atoms with van der Waals surface area (Å²) in [5.74, 6) is 0.498. The fourth-order valence-electron chi connectivity index (χ4n) is 2.89. The summed E-state index contributed by atoms with van der Waals surface area (Å²) in [5, 5.41) is 0. The molecule has 20 heavy (non-hydrogen) atoms. The highest BCUT2D eigenvalue weighted by molar-refractivity contribution is 5.89. The van der Waals surface area contributed by atoms with Crippen molar-refractivity contribution in [3.05, 3.63) is 29.8 Å². The standard InChI is InChI=1S/C17H25NO2/c1-17(2,3)13-6-10-15(11-7-13)20-16(19)12-4-8-14(18)9-5-12/h4-5,8-9,13,15H,6-7,10-11,18H2,1-3H3. The summed E-state index contributed by atoms with van der Waals surface area (Å²) in [6, 6.07) is 6.90. The van der Waals surface area contributed by atoms with E-state index in [1.165, 1.54) is 0 Å². The molecule has 110 valence electrons. The van der Waals surface area contributed by atoms with Crippen molar-refractivity contribution in [1.82, 2.24) is 0 Å². The molecule has 0 aliphatic heterocycles. The van der Waals surface area contributed by atoms with Crippen molar-refractivity contribution in [3.8, 4) is 0 Å². The summed E-state index contributed by atoms with van der Waals surface area (Å²) in [6.45, 7) is 6.87. The van der Waals surface area contributed by atoms with E-state index in [0.717, 1.165) is 31.6 Å². The largest absolute Gasteiger partial charge is 0.459 e. The first-order chi connectivity index (χ1) is 9.36. The van der Waals surface area contributed by atoms with Crippen LogP contribution in [0.3, 0.4) is 0 Å². The van der Waals surface area contributed by atoms with Crippen LogP contribution in [0.4, 0.5) is 5.69 Å². The molecule has 0 heterocycles. The number of benzene rings is 1. The van der Waals surface area contributed by atoms with Gasteiger partial charge in [-0.05, 0) is 61.3 Å². The van der Waals surface area contributed by atoms with E-state index in [1.807, 2.05) is 0 Å². The van der Waals surface area contributed by atoms with E-state index in [4.69, 9.17) is 10.5 Å². The lowest BCUT2D eigenvalue weighted by molar-refractivity contribution is 0.00930. The van der Waals surface area contributed by atoms with Crippen LogP contribution in [-0.2, 0) is 4.74 Å². The Morgan fingerprint density at radius 3 is 2.15 bits per heavy atom. The average molecular weight is 275 g/mol. The molecule has 0 amide bonds. The highest BCUT2D eigenvalue weighted by Gasteiger charge is 2.31. The van der Waals surface area contributed by atoms with Gasteiger partial charge in [-0.15, -0.1) is 0 Å². The third-order valence-electron chi connectivity index (χ3n) is 4.32. The smallest absolute Gasteiger partial charge is 0.338 e. The van der Waals surface area contributed by atoms with Crippen molar-refractivity contribution in [1.29, 1.82) is 0 Å². The topological polar surface area (TPSA) is 52.3 Å². The highest BCUT2D eigenvalue weighted by atomic mass is 16.5. The van der Waals surface area contributed by atoms with Crippen LogP contribution < -0.4 is 5.73 Å². The lowest BCUT2D eigenvalue weighted by atomic mass is 9.72. The van der Waals surface area contributed by atoms with Gasteiger partial charge in [-0.1, -0.05) is 20.8 Å². The predicted octanol–water partition coefficient (Wildman–Crippen LogP) is 4.03. The second-order valence-electron chi connectivity index (χ2n) is 6.87. The molecule has 1 aliphatic carbocycles. The first-order valence-electron chi connectivity index (χ1n) is 7.43. The first kappa shape index (κ1) is 14.9. The van der Waals surface area contributed by atoms with E-state index in [0.29, 0.717) is 16.7 Å². The van der Waals surface area contributed by atoms with Gasteiger partial charge in [0.05, 0.1) is 5.56 Å². The molecular weight excluding hydrogens is 250 g/mol. The molecule has 1 saturated carbocycles. The van der Waals surface area contributed by atoms with Gasteiger partial charge < -0.3 is 10.5 Å². The summed E-state index contributed by atoms with van der Waals surface area (Å²) < 4.78 is 5.60. The number of nitrogen functional groups attached to an aromatic ring is 1. The lowest BCUT2D eigenvalue weighted by Crippen LogP contribution is -2.30. The zero-order valence-electron chi connectivity index (χ0n) is 12.7. The lowest BCUT2D eigenvalue weighted by Gasteiger charge is -2.36. The van der Waals surface area contributed by atoms with E-state index in [2.05, 4.69) is 20.8 Å². The SMILES string of the molecule is CC(C)(C)C1CCC(OC(=O)c2ccc(N)cc2)CC1. The monoisotopic (exact) mass is 275 g/mol. The van der Waals surface area contributed by atoms with Crippen molar-refractivity contribution >= 4 is 11.7 Å². The second kappa shape index (κ2) is 5.86. The van der Waals surface area contributed by atoms with Gasteiger partial charge in [0.1, 0.15) is 6.10 Å². The van der Waals surface area contributed by atoms with Crippen LogP contribution in [0.25, 0.3) is 0 Å². The maximum absolute atomic E-state index is 12.0. The number of ether oxygens (including phenoxy) is 1. The van der Waals surface area contributed by atoms with Gasteiger partial charge in [0.25, 0.3) is 0 Å². The van der Waals surface area contributed by atoms with Crippen molar-refractivity contribution in [3.63, 3.8) is 0 Å². The summed E-state index contributed by atoms with van der Waals surface area (Å²) in [5.41, 5.74) is 7.21. The Bertz CT molecular complexity index is 451. The van der Waals surface area contributed by atoms with Gasteiger partial charge in [-0.2, -0.15) is 0 Å². The Hall–Kier alpha value is -1.51. The van der Waals surface area contributed by atoms with Crippen molar-refractivity contribution in [2.45, 2.75) is 52.6 Å². The molecule has 0 unspecified atom stereocenters. The maximum atomic E-state index is 12.0. The minimum Gasteiger partial charge on any atom is -0.459 e. The average Bonchev–Trinajstić information content (AvgIpc) is 2.39. The molecular formula is C17H25NO2. The van der Waals surface area contributed by atoms with Crippen molar-refractivity contribution < 1.29 is 9.53 Å². The number of esters is 1. The highest BCUT2D eigenvalue weighted by Crippen LogP contribution is 2.38. The predicted molar refractivity (Wildman–Crippen MR) is 81.5 cm³/mol. The molecule has 3 nitrogen and oxygen atoms in total. The summed E-state index contributed by atoms with van der Waals surface area (Å²) >= 11 is 0. The molecule has 0 bridgehead atoms. The zero-order chi connectivity index (χ0) is 14.8. The Balaban J connectivity index is 1.86. The number of nitrogens with two attached hydrogens (primary N) is 1. The maximum Gasteiger partial charge on any atom is 0.338 e. The molecule has 0 radical (unpaired) electrons. The fourth-order valence-corrected chi connectivity index (χ4v) is 2.89. The van der Waals surface area contributed by atoms with Gasteiger partial charge in [0.15, 0.2) is 0 Å². The Morgan fingerprint density at radius 2 is 1.65 bits per heavy atom. The van der Waals surface area contributed by atoms with E-state index >= 15 is 0 Å². The molecule has 2 rings (SSSR count). The number of anilines is 1. The van der Waals surface area contributed by atoms with Crippen LogP contribution in [0.15, 0.2) is 24.3 Å². The van der Waals surface area contributed by atoms with Crippen LogP contribution in [0.2, 0.25) is 0 Å². The van der Waals surface area contributed by atoms with Crippen LogP contribution in [0.1, 0.15) is 56.8 Å². The molecule has 3 heteroatoms. The third-order valence-corrected chi connectivity index (χ3v) is 4.32. The molecule has 0 spiro atoms. The quantitative estimate of drug-likeness (QED) is 0.655. The number of carbonyl (C=O) groups excluding carboxylic acids is 1. The van der Waals surface area contributed by atoms with Gasteiger partial charge in [-0.25, -0.2) is 4.79 Å². The molecule has 1 aliphatic rings. The minimum atomic E-state index is -0.232. The van der Waals surface area contributed by atoms with Crippen LogP contribution >= 0.6 is 0 Å². The van der Waals surface area contributed by atoms with Crippen molar-refractivity contribution in [2.24, 2.45) is 11.3 Å². The Kier molecular flexibility index (Phi) is 4.36. The molecule has 1 aromatic carbocycles. The normalized spacial score (nSPS) is 23.4. The van der Waals surface area contributed by atoms with E-state index in [9.17, 15) is 4.79 Å². The first-order valence-corrected chi connectivity index (χ1v) is 7.43. The second-order valence-corrected chi connectivity index (χ2v) is 6.87. The van der Waals surface area contributed by atoms with Gasteiger partial charge in [-0.3, -0.25) is 0 Å². The molecule has 0 atom stereocenters. The molecule has 0 aromatic heterocycles. The minimum absolute atomic E-state index is 0.0682. The van der Waals surface area contributed by atoms with E-state index in [1.54, 1.807) is 24.3 Å². The third kappa shape index (κ3) is 3.75. The Morgan fingerprint density at radius 1 is 1.10 bits per heavy atom. The number of hydrogen-bond acceptors (Lipinski definition) is 3. The van der Waals surface area contributed by atoms with Gasteiger partial charge >= 0.3 is 5.97 Å². The molecule has 1 aromatic rings. The number of hydrogen-bond donors (Lipinski definition) is 1.